The Labute approximate surface area is 106 Å². The third-order valence-corrected chi connectivity index (χ3v) is 5.70. The fourth-order valence-electron chi connectivity index (χ4n) is 1.64. The number of para-hydroxylation sites is 1. The minimum atomic E-state index is -0.294. The van der Waals surface area contributed by atoms with Gasteiger partial charge in [0, 0.05) is 0 Å². The Morgan fingerprint density at radius 2 is 2.06 bits per heavy atom. The molecule has 0 aliphatic carbocycles. The second-order valence-electron chi connectivity index (χ2n) is 3.98. The molecule has 1 aromatic rings. The molecule has 0 radical (unpaired) electrons. The molecule has 1 atom stereocenters. The molecule has 0 aliphatic heterocycles. The van der Waals surface area contributed by atoms with Crippen LogP contribution in [0.3, 0.4) is 0 Å². The number of benzene rings is 1. The van der Waals surface area contributed by atoms with Gasteiger partial charge in [-0.05, 0) is 22.9 Å². The van der Waals surface area contributed by atoms with E-state index in [4.69, 9.17) is 9.47 Å². The van der Waals surface area contributed by atoms with E-state index in [0.717, 1.165) is 17.3 Å². The van der Waals surface area contributed by atoms with Gasteiger partial charge in [0.05, 0.1) is 23.7 Å². The average molecular weight is 256 g/mol. The summed E-state index contributed by atoms with van der Waals surface area (Å²) in [5, 5.41) is 1.34. The predicted octanol–water partition coefficient (Wildman–Crippen LogP) is 1.48. The van der Waals surface area contributed by atoms with Crippen LogP contribution in [0.4, 0.5) is 0 Å². The molecule has 0 spiro atoms. The van der Waals surface area contributed by atoms with Crippen LogP contribution in [0.1, 0.15) is 6.92 Å². The van der Waals surface area contributed by atoms with Gasteiger partial charge in [0.2, 0.25) is 0 Å². The van der Waals surface area contributed by atoms with Crippen LogP contribution in [0.25, 0.3) is 0 Å². The Morgan fingerprint density at radius 1 is 1.31 bits per heavy atom. The van der Waals surface area contributed by atoms with Crippen molar-refractivity contribution in [3.8, 4) is 11.5 Å². The smallest absolute Gasteiger partial charge is 0.160 e. The Kier molecular flexibility index (Phi) is 5.77. The highest BCUT2D eigenvalue weighted by molar-refractivity contribution is 7.80. The summed E-state index contributed by atoms with van der Waals surface area (Å²) in [5.74, 6) is 3.40. The molecule has 0 N–H and O–H groups in total. The maximum atomic E-state index is 5.42. The Bertz CT molecular complexity index is 331. The van der Waals surface area contributed by atoms with E-state index in [-0.39, 0.29) is 9.52 Å². The fourth-order valence-corrected chi connectivity index (χ4v) is 4.03. The van der Waals surface area contributed by atoms with Gasteiger partial charge in [-0.25, -0.2) is 0 Å². The summed E-state index contributed by atoms with van der Waals surface area (Å²) in [5.41, 5.74) is 0. The second kappa shape index (κ2) is 6.86. The fraction of sp³-hybridized carbons (Fsp3) is 0.500. The lowest BCUT2D eigenvalue weighted by Crippen LogP contribution is -2.19. The first-order chi connectivity index (χ1) is 7.72. The molecule has 0 saturated heterocycles. The number of hydrogen-bond donors (Lipinski definition) is 1. The highest BCUT2D eigenvalue weighted by Gasteiger charge is 2.10. The number of rotatable bonds is 6. The molecule has 0 fully saturated rings. The van der Waals surface area contributed by atoms with Crippen LogP contribution in [0.5, 0.6) is 11.5 Å². The molecule has 1 rings (SSSR count). The minimum absolute atomic E-state index is 0.294. The molecule has 1 aromatic carbocycles. The van der Waals surface area contributed by atoms with Crippen molar-refractivity contribution in [2.24, 2.45) is 5.92 Å². The molecule has 0 aromatic heterocycles. The van der Waals surface area contributed by atoms with Crippen LogP contribution >= 0.6 is 12.6 Å². The molecular formula is C12H20O2SSi. The van der Waals surface area contributed by atoms with Gasteiger partial charge in [-0.3, -0.25) is 0 Å². The average Bonchev–Trinajstić information content (AvgIpc) is 2.34. The minimum Gasteiger partial charge on any atom is -0.493 e. The summed E-state index contributed by atoms with van der Waals surface area (Å²) in [4.78, 5) is 0. The number of thiol groups is 1. The summed E-state index contributed by atoms with van der Waals surface area (Å²) >= 11 is 4.32. The predicted molar refractivity (Wildman–Crippen MR) is 75.5 cm³/mol. The summed E-state index contributed by atoms with van der Waals surface area (Å²) in [6.45, 7) is 2.24. The van der Waals surface area contributed by atoms with E-state index in [2.05, 4.69) is 25.6 Å². The Morgan fingerprint density at radius 3 is 2.62 bits per heavy atom. The molecule has 16 heavy (non-hydrogen) atoms. The van der Waals surface area contributed by atoms with Crippen LogP contribution in [0.2, 0.25) is 6.04 Å². The highest BCUT2D eigenvalue weighted by atomic mass is 32.1. The summed E-state index contributed by atoms with van der Waals surface area (Å²) in [6.07, 6.45) is 0. The molecular weight excluding hydrogens is 236 g/mol. The van der Waals surface area contributed by atoms with E-state index in [1.165, 1.54) is 11.2 Å². The lowest BCUT2D eigenvalue weighted by atomic mass is 10.3. The van der Waals surface area contributed by atoms with Gasteiger partial charge in [0.25, 0.3) is 0 Å². The quantitative estimate of drug-likeness (QED) is 0.614. The molecule has 90 valence electrons. The molecule has 1 unspecified atom stereocenters. The third kappa shape index (κ3) is 3.45. The zero-order valence-corrected chi connectivity index (χ0v) is 12.5. The monoisotopic (exact) mass is 256 g/mol. The Balaban J connectivity index is 2.78. The summed E-state index contributed by atoms with van der Waals surface area (Å²) in [7, 11) is 3.09. The largest absolute Gasteiger partial charge is 0.493 e. The molecule has 0 aliphatic rings. The van der Waals surface area contributed by atoms with E-state index in [9.17, 15) is 0 Å². The van der Waals surface area contributed by atoms with Crippen LogP contribution < -0.4 is 14.7 Å². The Hall–Kier alpha value is -0.613. The van der Waals surface area contributed by atoms with Crippen LogP contribution in [0, 0.1) is 5.92 Å². The van der Waals surface area contributed by atoms with Gasteiger partial charge in [0.15, 0.2) is 11.5 Å². The lowest BCUT2D eigenvalue weighted by molar-refractivity contribution is 0.357. The molecule has 0 saturated carbocycles. The molecule has 0 heterocycles. The number of methoxy groups -OCH3 is 2. The van der Waals surface area contributed by atoms with Crippen molar-refractivity contribution in [1.82, 2.24) is 0 Å². The highest BCUT2D eigenvalue weighted by Crippen LogP contribution is 2.23. The topological polar surface area (TPSA) is 18.5 Å². The normalized spacial score (nSPS) is 13.0. The lowest BCUT2D eigenvalue weighted by Gasteiger charge is -2.13. The summed E-state index contributed by atoms with van der Waals surface area (Å²) in [6, 6.07) is 7.39. The van der Waals surface area contributed by atoms with Crippen molar-refractivity contribution in [1.29, 1.82) is 0 Å². The van der Waals surface area contributed by atoms with Gasteiger partial charge in [-0.2, -0.15) is 12.6 Å². The van der Waals surface area contributed by atoms with Gasteiger partial charge in [-0.1, -0.05) is 25.1 Å². The summed E-state index contributed by atoms with van der Waals surface area (Å²) < 4.78 is 10.7. The first kappa shape index (κ1) is 13.5. The van der Waals surface area contributed by atoms with E-state index in [1.807, 2.05) is 12.1 Å². The van der Waals surface area contributed by atoms with E-state index < -0.39 is 0 Å². The molecule has 4 heteroatoms. The zero-order valence-electron chi connectivity index (χ0n) is 10.2. The SMILES string of the molecule is COc1cccc([SiH2]CC(C)CS)c1OC. The maximum Gasteiger partial charge on any atom is 0.160 e. The number of hydrogen-bond acceptors (Lipinski definition) is 3. The van der Waals surface area contributed by atoms with Crippen molar-refractivity contribution < 1.29 is 9.47 Å². The van der Waals surface area contributed by atoms with E-state index in [1.54, 1.807) is 14.2 Å². The van der Waals surface area contributed by atoms with Crippen molar-refractivity contribution in [3.05, 3.63) is 18.2 Å². The molecule has 2 nitrogen and oxygen atoms in total. The first-order valence-electron chi connectivity index (χ1n) is 5.53. The number of ether oxygens (including phenoxy) is 2. The van der Waals surface area contributed by atoms with Crippen LogP contribution in [0.15, 0.2) is 18.2 Å². The van der Waals surface area contributed by atoms with Crippen molar-refractivity contribution in [2.75, 3.05) is 20.0 Å². The molecule has 0 amide bonds. The van der Waals surface area contributed by atoms with Crippen LogP contribution in [-0.4, -0.2) is 29.5 Å². The second-order valence-corrected chi connectivity index (χ2v) is 6.18. The van der Waals surface area contributed by atoms with Gasteiger partial charge in [-0.15, -0.1) is 0 Å². The van der Waals surface area contributed by atoms with Gasteiger partial charge < -0.3 is 9.47 Å². The van der Waals surface area contributed by atoms with Gasteiger partial charge >= 0.3 is 0 Å². The first-order valence-corrected chi connectivity index (χ1v) is 7.87. The molecule has 0 bridgehead atoms. The van der Waals surface area contributed by atoms with Crippen molar-refractivity contribution in [2.45, 2.75) is 13.0 Å². The van der Waals surface area contributed by atoms with Crippen molar-refractivity contribution in [3.63, 3.8) is 0 Å². The van der Waals surface area contributed by atoms with Gasteiger partial charge in [0.1, 0.15) is 0 Å². The maximum absolute atomic E-state index is 5.42. The van der Waals surface area contributed by atoms with Crippen molar-refractivity contribution >= 4 is 27.3 Å². The zero-order chi connectivity index (χ0) is 12.0. The standard InChI is InChI=1S/C12H20O2SSi/c1-9(7-15)8-16-11-6-4-5-10(13-2)12(11)14-3/h4-6,9,15H,7-8,16H2,1-3H3. The van der Waals surface area contributed by atoms with Crippen LogP contribution in [-0.2, 0) is 0 Å². The van der Waals surface area contributed by atoms with E-state index >= 15 is 0 Å². The third-order valence-electron chi connectivity index (χ3n) is 2.70. The van der Waals surface area contributed by atoms with E-state index in [0.29, 0.717) is 5.92 Å².